The Bertz CT molecular complexity index is 321. The minimum atomic E-state index is 0.464. The molecule has 1 aliphatic heterocycles. The molecule has 1 fully saturated rings. The third-order valence-electron chi connectivity index (χ3n) is 3.03. The summed E-state index contributed by atoms with van der Waals surface area (Å²) in [5, 5.41) is 4.19. The molecule has 0 saturated carbocycles. The Morgan fingerprint density at radius 1 is 1.33 bits per heavy atom. The number of hydrogen-bond acceptors (Lipinski definition) is 2. The SMILES string of the molecule is CC(c1cccc(Cl)c1)N1CCNCC1. The van der Waals surface area contributed by atoms with Gasteiger partial charge in [-0.05, 0) is 24.6 Å². The molecule has 3 heteroatoms. The second-order valence-electron chi connectivity index (χ2n) is 4.02. The Morgan fingerprint density at radius 3 is 2.73 bits per heavy atom. The zero-order valence-electron chi connectivity index (χ0n) is 9.04. The maximum absolute atomic E-state index is 6.00. The van der Waals surface area contributed by atoms with E-state index in [4.69, 9.17) is 11.6 Å². The predicted molar refractivity (Wildman–Crippen MR) is 64.3 cm³/mol. The van der Waals surface area contributed by atoms with E-state index in [9.17, 15) is 0 Å². The zero-order chi connectivity index (χ0) is 10.7. The van der Waals surface area contributed by atoms with Crippen LogP contribution >= 0.6 is 11.6 Å². The van der Waals surface area contributed by atoms with Crippen molar-refractivity contribution in [1.82, 2.24) is 10.2 Å². The van der Waals surface area contributed by atoms with Gasteiger partial charge in [0, 0.05) is 37.2 Å². The van der Waals surface area contributed by atoms with Gasteiger partial charge in [-0.25, -0.2) is 0 Å². The fourth-order valence-electron chi connectivity index (χ4n) is 2.05. The Balaban J connectivity index is 2.08. The number of rotatable bonds is 2. The summed E-state index contributed by atoms with van der Waals surface area (Å²) in [6, 6.07) is 8.63. The summed E-state index contributed by atoms with van der Waals surface area (Å²) in [5.41, 5.74) is 1.31. The summed E-state index contributed by atoms with van der Waals surface area (Å²) in [6.45, 7) is 6.66. The van der Waals surface area contributed by atoms with Crippen molar-refractivity contribution in [2.45, 2.75) is 13.0 Å². The molecule has 1 aromatic carbocycles. The molecule has 0 spiro atoms. The highest BCUT2D eigenvalue weighted by molar-refractivity contribution is 6.30. The normalized spacial score (nSPS) is 20.1. The van der Waals surface area contributed by atoms with Crippen LogP contribution < -0.4 is 5.32 Å². The second-order valence-corrected chi connectivity index (χ2v) is 4.45. The van der Waals surface area contributed by atoms with E-state index in [1.807, 2.05) is 12.1 Å². The summed E-state index contributed by atoms with van der Waals surface area (Å²) < 4.78 is 0. The number of piperazine rings is 1. The first-order chi connectivity index (χ1) is 7.27. The monoisotopic (exact) mass is 224 g/mol. The van der Waals surface area contributed by atoms with Crippen LogP contribution in [0, 0.1) is 0 Å². The third-order valence-corrected chi connectivity index (χ3v) is 3.27. The summed E-state index contributed by atoms with van der Waals surface area (Å²) in [6.07, 6.45) is 0. The first kappa shape index (κ1) is 10.9. The van der Waals surface area contributed by atoms with Gasteiger partial charge < -0.3 is 5.32 Å². The highest BCUT2D eigenvalue weighted by Gasteiger charge is 2.17. The molecule has 0 bridgehead atoms. The van der Waals surface area contributed by atoms with E-state index in [0.29, 0.717) is 6.04 Å². The molecule has 0 amide bonds. The lowest BCUT2D eigenvalue weighted by molar-refractivity contribution is 0.185. The predicted octanol–water partition coefficient (Wildman–Crippen LogP) is 2.31. The maximum atomic E-state index is 6.00. The summed E-state index contributed by atoms with van der Waals surface area (Å²) in [4.78, 5) is 2.49. The molecule has 82 valence electrons. The molecule has 1 heterocycles. The smallest absolute Gasteiger partial charge is 0.0409 e. The van der Waals surface area contributed by atoms with Gasteiger partial charge in [-0.15, -0.1) is 0 Å². The van der Waals surface area contributed by atoms with E-state index < -0.39 is 0 Å². The molecular weight excluding hydrogens is 208 g/mol. The maximum Gasteiger partial charge on any atom is 0.0409 e. The number of nitrogens with one attached hydrogen (secondary N) is 1. The van der Waals surface area contributed by atoms with Crippen molar-refractivity contribution in [3.63, 3.8) is 0 Å². The van der Waals surface area contributed by atoms with Crippen LogP contribution in [0.2, 0.25) is 5.02 Å². The molecule has 15 heavy (non-hydrogen) atoms. The molecular formula is C12H17ClN2. The summed E-state index contributed by atoms with van der Waals surface area (Å²) >= 11 is 6.00. The topological polar surface area (TPSA) is 15.3 Å². The lowest BCUT2D eigenvalue weighted by Gasteiger charge is -2.33. The van der Waals surface area contributed by atoms with Crippen LogP contribution in [0.25, 0.3) is 0 Å². The van der Waals surface area contributed by atoms with Crippen molar-refractivity contribution >= 4 is 11.6 Å². The van der Waals surface area contributed by atoms with E-state index in [2.05, 4.69) is 29.3 Å². The van der Waals surface area contributed by atoms with Gasteiger partial charge in [0.2, 0.25) is 0 Å². The van der Waals surface area contributed by atoms with Gasteiger partial charge in [-0.2, -0.15) is 0 Å². The van der Waals surface area contributed by atoms with Gasteiger partial charge in [0.1, 0.15) is 0 Å². The first-order valence-electron chi connectivity index (χ1n) is 5.47. The Morgan fingerprint density at radius 2 is 2.07 bits per heavy atom. The average molecular weight is 225 g/mol. The molecule has 1 N–H and O–H groups in total. The van der Waals surface area contributed by atoms with E-state index in [0.717, 1.165) is 31.2 Å². The first-order valence-corrected chi connectivity index (χ1v) is 5.85. The van der Waals surface area contributed by atoms with Crippen LogP contribution in [0.5, 0.6) is 0 Å². The quantitative estimate of drug-likeness (QED) is 0.830. The van der Waals surface area contributed by atoms with Gasteiger partial charge in [0.15, 0.2) is 0 Å². The van der Waals surface area contributed by atoms with Gasteiger partial charge in [-0.1, -0.05) is 23.7 Å². The third kappa shape index (κ3) is 2.71. The van der Waals surface area contributed by atoms with Crippen LogP contribution in [0.3, 0.4) is 0 Å². The largest absolute Gasteiger partial charge is 0.314 e. The van der Waals surface area contributed by atoms with E-state index in [-0.39, 0.29) is 0 Å². The van der Waals surface area contributed by atoms with Gasteiger partial charge >= 0.3 is 0 Å². The number of halogens is 1. The average Bonchev–Trinajstić information content (AvgIpc) is 2.29. The van der Waals surface area contributed by atoms with Gasteiger partial charge in [0.25, 0.3) is 0 Å². The standard InChI is InChI=1S/C12H17ClN2/c1-10(15-7-5-14-6-8-15)11-3-2-4-12(13)9-11/h2-4,9-10,14H,5-8H2,1H3. The molecule has 0 aliphatic carbocycles. The number of nitrogens with zero attached hydrogens (tertiary/aromatic N) is 1. The Hall–Kier alpha value is -0.570. The van der Waals surface area contributed by atoms with Crippen molar-refractivity contribution in [2.75, 3.05) is 26.2 Å². The molecule has 0 aromatic heterocycles. The molecule has 2 rings (SSSR count). The second kappa shape index (κ2) is 4.97. The Kier molecular flexibility index (Phi) is 3.62. The van der Waals surface area contributed by atoms with Crippen LogP contribution in [0.4, 0.5) is 0 Å². The van der Waals surface area contributed by atoms with Crippen LogP contribution in [-0.4, -0.2) is 31.1 Å². The van der Waals surface area contributed by atoms with Crippen LogP contribution in [0.1, 0.15) is 18.5 Å². The number of benzene rings is 1. The fraction of sp³-hybridized carbons (Fsp3) is 0.500. The molecule has 1 unspecified atom stereocenters. The lowest BCUT2D eigenvalue weighted by Crippen LogP contribution is -2.44. The summed E-state index contributed by atoms with van der Waals surface area (Å²) in [5.74, 6) is 0. The minimum Gasteiger partial charge on any atom is -0.314 e. The molecule has 1 aromatic rings. The molecule has 0 radical (unpaired) electrons. The minimum absolute atomic E-state index is 0.464. The molecule has 2 nitrogen and oxygen atoms in total. The van der Waals surface area contributed by atoms with Gasteiger partial charge in [0.05, 0.1) is 0 Å². The van der Waals surface area contributed by atoms with Crippen molar-refractivity contribution in [3.8, 4) is 0 Å². The molecule has 1 aliphatic rings. The Labute approximate surface area is 96.2 Å². The van der Waals surface area contributed by atoms with Crippen molar-refractivity contribution < 1.29 is 0 Å². The van der Waals surface area contributed by atoms with Gasteiger partial charge in [-0.3, -0.25) is 4.90 Å². The van der Waals surface area contributed by atoms with Crippen molar-refractivity contribution in [1.29, 1.82) is 0 Å². The summed E-state index contributed by atoms with van der Waals surface area (Å²) in [7, 11) is 0. The molecule has 1 atom stereocenters. The van der Waals surface area contributed by atoms with E-state index in [1.165, 1.54) is 5.56 Å². The van der Waals surface area contributed by atoms with Crippen molar-refractivity contribution in [3.05, 3.63) is 34.9 Å². The highest BCUT2D eigenvalue weighted by atomic mass is 35.5. The van der Waals surface area contributed by atoms with E-state index >= 15 is 0 Å². The fourth-order valence-corrected chi connectivity index (χ4v) is 2.25. The number of hydrogen-bond donors (Lipinski definition) is 1. The highest BCUT2D eigenvalue weighted by Crippen LogP contribution is 2.22. The lowest BCUT2D eigenvalue weighted by atomic mass is 10.1. The van der Waals surface area contributed by atoms with Crippen LogP contribution in [-0.2, 0) is 0 Å². The molecule has 1 saturated heterocycles. The zero-order valence-corrected chi connectivity index (χ0v) is 9.80. The van der Waals surface area contributed by atoms with Crippen LogP contribution in [0.15, 0.2) is 24.3 Å². The van der Waals surface area contributed by atoms with Crippen molar-refractivity contribution in [2.24, 2.45) is 0 Å². The van der Waals surface area contributed by atoms with E-state index in [1.54, 1.807) is 0 Å².